The fourth-order valence-corrected chi connectivity index (χ4v) is 3.69. The van der Waals surface area contributed by atoms with E-state index in [4.69, 9.17) is 4.74 Å². The fourth-order valence-electron chi connectivity index (χ4n) is 3.69. The van der Waals surface area contributed by atoms with Gasteiger partial charge in [0.05, 0.1) is 19.0 Å². The molecular formula is C24H25FN4O2. The van der Waals surface area contributed by atoms with Gasteiger partial charge in [-0.25, -0.2) is 9.37 Å². The molecule has 0 unspecified atom stereocenters. The Morgan fingerprint density at radius 1 is 1.06 bits per heavy atom. The number of rotatable bonds is 6. The molecule has 0 saturated carbocycles. The van der Waals surface area contributed by atoms with Gasteiger partial charge >= 0.3 is 0 Å². The van der Waals surface area contributed by atoms with Gasteiger partial charge in [-0.1, -0.05) is 24.3 Å². The lowest BCUT2D eigenvalue weighted by Crippen LogP contribution is -2.46. The van der Waals surface area contributed by atoms with Gasteiger partial charge in [0.2, 0.25) is 0 Å². The summed E-state index contributed by atoms with van der Waals surface area (Å²) in [5.41, 5.74) is 2.04. The first-order valence-corrected chi connectivity index (χ1v) is 10.2. The molecule has 4 rings (SSSR count). The lowest BCUT2D eigenvalue weighted by Gasteiger charge is -2.35. The van der Waals surface area contributed by atoms with Crippen LogP contribution in [0.2, 0.25) is 0 Å². The zero-order chi connectivity index (χ0) is 21.6. The van der Waals surface area contributed by atoms with Crippen LogP contribution in [0.4, 0.5) is 15.9 Å². The lowest BCUT2D eigenvalue weighted by molar-refractivity contribution is 0.102. The van der Waals surface area contributed by atoms with Crippen LogP contribution in [0.15, 0.2) is 66.9 Å². The number of para-hydroxylation sites is 1. The van der Waals surface area contributed by atoms with Crippen LogP contribution in [0.5, 0.6) is 5.75 Å². The largest absolute Gasteiger partial charge is 0.496 e. The van der Waals surface area contributed by atoms with Crippen molar-refractivity contribution in [1.29, 1.82) is 0 Å². The van der Waals surface area contributed by atoms with Gasteiger partial charge in [-0.2, -0.15) is 0 Å². The summed E-state index contributed by atoms with van der Waals surface area (Å²) in [6.07, 6.45) is 1.63. The van der Waals surface area contributed by atoms with Crippen molar-refractivity contribution in [2.75, 3.05) is 43.5 Å². The summed E-state index contributed by atoms with van der Waals surface area (Å²) in [6, 6.07) is 17.4. The molecule has 0 bridgehead atoms. The van der Waals surface area contributed by atoms with E-state index in [2.05, 4.69) is 26.2 Å². The van der Waals surface area contributed by atoms with Crippen LogP contribution in [-0.4, -0.2) is 49.1 Å². The Morgan fingerprint density at radius 2 is 1.87 bits per heavy atom. The van der Waals surface area contributed by atoms with E-state index in [1.807, 2.05) is 30.3 Å². The third-order valence-electron chi connectivity index (χ3n) is 5.38. The summed E-state index contributed by atoms with van der Waals surface area (Å²) in [7, 11) is 1.70. The van der Waals surface area contributed by atoms with Crippen LogP contribution in [0.3, 0.4) is 0 Å². The first-order chi connectivity index (χ1) is 15.1. The molecule has 160 valence electrons. The highest BCUT2D eigenvalue weighted by Crippen LogP contribution is 2.21. The SMILES string of the molecule is COc1ccccc1CN1CCN(c2ccc(NC(=O)c3cccc(F)c3)cn2)CC1. The van der Waals surface area contributed by atoms with E-state index < -0.39 is 5.82 Å². The maximum atomic E-state index is 13.3. The molecule has 1 aromatic heterocycles. The van der Waals surface area contributed by atoms with Crippen molar-refractivity contribution < 1.29 is 13.9 Å². The minimum absolute atomic E-state index is 0.273. The normalized spacial score (nSPS) is 14.3. The van der Waals surface area contributed by atoms with Crippen molar-refractivity contribution in [3.63, 3.8) is 0 Å². The van der Waals surface area contributed by atoms with E-state index >= 15 is 0 Å². The molecule has 2 aromatic carbocycles. The van der Waals surface area contributed by atoms with Gasteiger partial charge in [-0.05, 0) is 36.4 Å². The highest BCUT2D eigenvalue weighted by molar-refractivity contribution is 6.04. The number of aromatic nitrogens is 1. The minimum atomic E-state index is -0.439. The number of nitrogens with one attached hydrogen (secondary N) is 1. The van der Waals surface area contributed by atoms with Crippen molar-refractivity contribution in [3.05, 3.63) is 83.8 Å². The van der Waals surface area contributed by atoms with Crippen molar-refractivity contribution in [3.8, 4) is 5.75 Å². The van der Waals surface area contributed by atoms with E-state index in [0.717, 1.165) is 44.3 Å². The van der Waals surface area contributed by atoms with Gasteiger partial charge in [-0.3, -0.25) is 9.69 Å². The number of hydrogen-bond donors (Lipinski definition) is 1. The second kappa shape index (κ2) is 9.57. The van der Waals surface area contributed by atoms with Crippen molar-refractivity contribution in [1.82, 2.24) is 9.88 Å². The predicted molar refractivity (Wildman–Crippen MR) is 119 cm³/mol. The standard InChI is InChI=1S/C24H25FN4O2/c1-31-22-8-3-2-5-19(22)17-28-11-13-29(14-12-28)23-10-9-21(16-26-23)27-24(30)18-6-4-7-20(25)15-18/h2-10,15-16H,11-14,17H2,1H3,(H,27,30). The zero-order valence-electron chi connectivity index (χ0n) is 17.4. The average molecular weight is 420 g/mol. The van der Waals surface area contributed by atoms with Gasteiger partial charge in [0.25, 0.3) is 5.91 Å². The number of carbonyl (C=O) groups excluding carboxylic acids is 1. The van der Waals surface area contributed by atoms with Crippen LogP contribution < -0.4 is 15.0 Å². The molecule has 1 fully saturated rings. The van der Waals surface area contributed by atoms with Crippen LogP contribution >= 0.6 is 0 Å². The molecule has 0 radical (unpaired) electrons. The molecule has 1 aliphatic rings. The fraction of sp³-hybridized carbons (Fsp3) is 0.250. The molecule has 0 atom stereocenters. The number of piperazine rings is 1. The summed E-state index contributed by atoms with van der Waals surface area (Å²) in [5.74, 6) is 0.994. The van der Waals surface area contributed by atoms with Crippen LogP contribution in [0.1, 0.15) is 15.9 Å². The number of amides is 1. The quantitative estimate of drug-likeness (QED) is 0.657. The number of ether oxygens (including phenoxy) is 1. The summed E-state index contributed by atoms with van der Waals surface area (Å²) in [4.78, 5) is 21.4. The van der Waals surface area contributed by atoms with Gasteiger partial charge in [0.15, 0.2) is 0 Å². The second-order valence-electron chi connectivity index (χ2n) is 7.44. The first-order valence-electron chi connectivity index (χ1n) is 10.2. The number of benzene rings is 2. The summed E-state index contributed by atoms with van der Waals surface area (Å²) >= 11 is 0. The molecule has 1 saturated heterocycles. The lowest BCUT2D eigenvalue weighted by atomic mass is 10.1. The van der Waals surface area contributed by atoms with E-state index in [0.29, 0.717) is 5.69 Å². The highest BCUT2D eigenvalue weighted by Gasteiger charge is 2.19. The Morgan fingerprint density at radius 3 is 2.58 bits per heavy atom. The number of halogens is 1. The Kier molecular flexibility index (Phi) is 6.43. The number of carbonyl (C=O) groups is 1. The maximum absolute atomic E-state index is 13.3. The van der Waals surface area contributed by atoms with Gasteiger partial charge in [-0.15, -0.1) is 0 Å². The Hall–Kier alpha value is -3.45. The number of nitrogens with zero attached hydrogens (tertiary/aromatic N) is 3. The predicted octanol–water partition coefficient (Wildman–Crippen LogP) is 3.80. The molecule has 1 amide bonds. The molecule has 1 N–H and O–H groups in total. The van der Waals surface area contributed by atoms with Crippen LogP contribution in [0, 0.1) is 5.82 Å². The molecule has 2 heterocycles. The molecular weight excluding hydrogens is 395 g/mol. The number of anilines is 2. The molecule has 3 aromatic rings. The average Bonchev–Trinajstić information content (AvgIpc) is 2.80. The number of methoxy groups -OCH3 is 1. The van der Waals surface area contributed by atoms with Crippen molar-refractivity contribution >= 4 is 17.4 Å². The van der Waals surface area contributed by atoms with Crippen molar-refractivity contribution in [2.24, 2.45) is 0 Å². The molecule has 7 heteroatoms. The zero-order valence-corrected chi connectivity index (χ0v) is 17.4. The summed E-state index contributed by atoms with van der Waals surface area (Å²) in [6.45, 7) is 4.46. The topological polar surface area (TPSA) is 57.7 Å². The van der Waals surface area contributed by atoms with Crippen LogP contribution in [-0.2, 0) is 6.54 Å². The Bertz CT molecular complexity index is 1030. The molecule has 31 heavy (non-hydrogen) atoms. The number of pyridine rings is 1. The molecule has 0 aliphatic carbocycles. The van der Waals surface area contributed by atoms with E-state index in [9.17, 15) is 9.18 Å². The van der Waals surface area contributed by atoms with Gasteiger partial charge < -0.3 is 15.0 Å². The van der Waals surface area contributed by atoms with Gasteiger partial charge in [0, 0.05) is 43.9 Å². The first kappa shape index (κ1) is 20.8. The van der Waals surface area contributed by atoms with E-state index in [-0.39, 0.29) is 11.5 Å². The smallest absolute Gasteiger partial charge is 0.255 e. The van der Waals surface area contributed by atoms with E-state index in [1.54, 1.807) is 19.4 Å². The Labute approximate surface area is 181 Å². The maximum Gasteiger partial charge on any atom is 0.255 e. The minimum Gasteiger partial charge on any atom is -0.496 e. The number of hydrogen-bond acceptors (Lipinski definition) is 5. The molecule has 1 aliphatic heterocycles. The highest BCUT2D eigenvalue weighted by atomic mass is 19.1. The van der Waals surface area contributed by atoms with Crippen molar-refractivity contribution in [2.45, 2.75) is 6.54 Å². The summed E-state index contributed by atoms with van der Waals surface area (Å²) in [5, 5.41) is 2.75. The van der Waals surface area contributed by atoms with E-state index in [1.165, 1.54) is 23.8 Å². The van der Waals surface area contributed by atoms with Gasteiger partial charge in [0.1, 0.15) is 17.4 Å². The monoisotopic (exact) mass is 420 g/mol. The third kappa shape index (κ3) is 5.19. The molecule has 6 nitrogen and oxygen atoms in total. The third-order valence-corrected chi connectivity index (χ3v) is 5.38. The Balaban J connectivity index is 1.31. The molecule has 0 spiro atoms. The van der Waals surface area contributed by atoms with Crippen LogP contribution in [0.25, 0.3) is 0 Å². The second-order valence-corrected chi connectivity index (χ2v) is 7.44. The summed E-state index contributed by atoms with van der Waals surface area (Å²) < 4.78 is 18.8.